The number of anilines is 1. The summed E-state index contributed by atoms with van der Waals surface area (Å²) in [5, 5.41) is 2.83. The SMILES string of the molecule is Cn1ccnc1COc1ccc(NC(=O)[C@@]2(C)CC2(Cl)Cl)cc1. The molecule has 7 heteroatoms. The summed E-state index contributed by atoms with van der Waals surface area (Å²) < 4.78 is 6.59. The molecular weight excluding hydrogens is 337 g/mol. The lowest BCUT2D eigenvalue weighted by Crippen LogP contribution is -2.25. The number of halogens is 2. The molecule has 1 saturated carbocycles. The van der Waals surface area contributed by atoms with E-state index < -0.39 is 9.75 Å². The Morgan fingerprint density at radius 2 is 2.04 bits per heavy atom. The molecule has 1 heterocycles. The van der Waals surface area contributed by atoms with Crippen LogP contribution in [0.15, 0.2) is 36.7 Å². The van der Waals surface area contributed by atoms with Gasteiger partial charge in [0, 0.05) is 25.1 Å². The summed E-state index contributed by atoms with van der Waals surface area (Å²) >= 11 is 12.0. The fourth-order valence-electron chi connectivity index (χ4n) is 2.23. The van der Waals surface area contributed by atoms with Gasteiger partial charge in [0.1, 0.15) is 22.5 Å². The first-order chi connectivity index (χ1) is 10.8. The average molecular weight is 354 g/mol. The number of hydrogen-bond acceptors (Lipinski definition) is 3. The number of ether oxygens (including phenoxy) is 1. The molecule has 1 aromatic carbocycles. The van der Waals surface area contributed by atoms with Crippen molar-refractivity contribution in [1.29, 1.82) is 0 Å². The van der Waals surface area contributed by atoms with Crippen LogP contribution in [-0.4, -0.2) is 19.8 Å². The maximum absolute atomic E-state index is 12.2. The first-order valence-corrected chi connectivity index (χ1v) is 7.96. The Labute approximate surface area is 144 Å². The van der Waals surface area contributed by atoms with Gasteiger partial charge in [0.2, 0.25) is 5.91 Å². The van der Waals surface area contributed by atoms with Gasteiger partial charge < -0.3 is 14.6 Å². The Morgan fingerprint density at radius 1 is 1.39 bits per heavy atom. The zero-order valence-electron chi connectivity index (χ0n) is 12.8. The van der Waals surface area contributed by atoms with E-state index in [4.69, 9.17) is 27.9 Å². The van der Waals surface area contributed by atoms with E-state index in [1.807, 2.05) is 17.8 Å². The van der Waals surface area contributed by atoms with Crippen LogP contribution in [0.3, 0.4) is 0 Å². The van der Waals surface area contributed by atoms with Crippen LogP contribution in [0.2, 0.25) is 0 Å². The number of aromatic nitrogens is 2. The van der Waals surface area contributed by atoms with E-state index in [1.54, 1.807) is 37.4 Å². The third-order valence-corrected chi connectivity index (χ3v) is 5.26. The standard InChI is InChI=1S/C16H17Cl2N3O2/c1-15(10-16(15,17)18)14(22)20-11-3-5-12(6-4-11)23-9-13-19-7-8-21(13)2/h3-8H,9-10H2,1-2H3,(H,20,22)/t15-/m1/s1. The molecule has 0 bridgehead atoms. The van der Waals surface area contributed by atoms with Crippen LogP contribution in [0.1, 0.15) is 19.2 Å². The monoisotopic (exact) mass is 353 g/mol. The third-order valence-electron chi connectivity index (χ3n) is 4.16. The minimum Gasteiger partial charge on any atom is -0.486 e. The number of amides is 1. The van der Waals surface area contributed by atoms with Crippen LogP contribution in [0.5, 0.6) is 5.75 Å². The minimum atomic E-state index is -0.970. The van der Waals surface area contributed by atoms with E-state index in [0.29, 0.717) is 24.5 Å². The van der Waals surface area contributed by atoms with Crippen molar-refractivity contribution in [3.63, 3.8) is 0 Å². The lowest BCUT2D eigenvalue weighted by molar-refractivity contribution is -0.120. The molecule has 3 rings (SSSR count). The molecule has 1 aromatic heterocycles. The van der Waals surface area contributed by atoms with Crippen molar-refractivity contribution in [3.8, 4) is 5.75 Å². The Morgan fingerprint density at radius 3 is 2.57 bits per heavy atom. The number of aryl methyl sites for hydroxylation is 1. The van der Waals surface area contributed by atoms with Crippen molar-refractivity contribution in [1.82, 2.24) is 9.55 Å². The maximum atomic E-state index is 12.2. The maximum Gasteiger partial charge on any atom is 0.233 e. The van der Waals surface area contributed by atoms with Crippen LogP contribution in [0, 0.1) is 5.41 Å². The number of alkyl halides is 2. The first kappa shape index (κ1) is 16.1. The largest absolute Gasteiger partial charge is 0.486 e. The highest BCUT2D eigenvalue weighted by molar-refractivity contribution is 6.53. The van der Waals surface area contributed by atoms with Gasteiger partial charge in [0.05, 0.1) is 5.41 Å². The van der Waals surface area contributed by atoms with E-state index in [-0.39, 0.29) is 5.91 Å². The molecule has 5 nitrogen and oxygen atoms in total. The average Bonchev–Trinajstić information content (AvgIpc) is 2.81. The van der Waals surface area contributed by atoms with Crippen LogP contribution >= 0.6 is 23.2 Å². The summed E-state index contributed by atoms with van der Waals surface area (Å²) in [7, 11) is 1.91. The zero-order valence-corrected chi connectivity index (χ0v) is 14.4. The van der Waals surface area contributed by atoms with Gasteiger partial charge in [-0.2, -0.15) is 0 Å². The molecule has 0 aliphatic heterocycles. The van der Waals surface area contributed by atoms with Gasteiger partial charge in [-0.15, -0.1) is 23.2 Å². The molecule has 2 aromatic rings. The number of carbonyl (C=O) groups is 1. The Hall–Kier alpha value is -1.72. The number of benzene rings is 1. The van der Waals surface area contributed by atoms with Crippen molar-refractivity contribution in [2.75, 3.05) is 5.32 Å². The highest BCUT2D eigenvalue weighted by Crippen LogP contribution is 2.64. The second kappa shape index (κ2) is 5.73. The number of nitrogens with one attached hydrogen (secondary N) is 1. The topological polar surface area (TPSA) is 56.1 Å². The van der Waals surface area contributed by atoms with Gasteiger partial charge in [0.15, 0.2) is 0 Å². The molecule has 0 radical (unpaired) electrons. The van der Waals surface area contributed by atoms with Gasteiger partial charge in [-0.1, -0.05) is 0 Å². The fraction of sp³-hybridized carbons (Fsp3) is 0.375. The molecule has 1 amide bonds. The van der Waals surface area contributed by atoms with Crippen LogP contribution in [0.4, 0.5) is 5.69 Å². The van der Waals surface area contributed by atoms with E-state index in [2.05, 4.69) is 10.3 Å². The second-order valence-electron chi connectivity index (χ2n) is 5.93. The van der Waals surface area contributed by atoms with Crippen LogP contribution in [0.25, 0.3) is 0 Å². The molecule has 0 unspecified atom stereocenters. The lowest BCUT2D eigenvalue weighted by Gasteiger charge is -2.13. The van der Waals surface area contributed by atoms with Gasteiger partial charge >= 0.3 is 0 Å². The lowest BCUT2D eigenvalue weighted by atomic mass is 10.1. The van der Waals surface area contributed by atoms with Gasteiger partial charge in [-0.05, 0) is 37.6 Å². The molecule has 122 valence electrons. The van der Waals surface area contributed by atoms with E-state index in [0.717, 1.165) is 5.82 Å². The highest BCUT2D eigenvalue weighted by atomic mass is 35.5. The van der Waals surface area contributed by atoms with Crippen molar-refractivity contribution in [2.24, 2.45) is 12.5 Å². The van der Waals surface area contributed by atoms with Crippen molar-refractivity contribution in [3.05, 3.63) is 42.5 Å². The zero-order chi connectivity index (χ0) is 16.7. The van der Waals surface area contributed by atoms with Crippen molar-refractivity contribution >= 4 is 34.8 Å². The molecule has 23 heavy (non-hydrogen) atoms. The first-order valence-electron chi connectivity index (χ1n) is 7.20. The predicted octanol–water partition coefficient (Wildman–Crippen LogP) is 3.52. The van der Waals surface area contributed by atoms with E-state index in [1.165, 1.54) is 0 Å². The Kier molecular flexibility index (Phi) is 4.02. The second-order valence-corrected chi connectivity index (χ2v) is 7.42. The normalized spacial score (nSPS) is 21.7. The molecule has 1 N–H and O–H groups in total. The highest BCUT2D eigenvalue weighted by Gasteiger charge is 2.67. The van der Waals surface area contributed by atoms with Crippen molar-refractivity contribution < 1.29 is 9.53 Å². The smallest absolute Gasteiger partial charge is 0.233 e. The van der Waals surface area contributed by atoms with E-state index >= 15 is 0 Å². The molecule has 1 aliphatic carbocycles. The number of rotatable bonds is 5. The van der Waals surface area contributed by atoms with Gasteiger partial charge in [0.25, 0.3) is 0 Å². The van der Waals surface area contributed by atoms with Gasteiger partial charge in [-0.3, -0.25) is 4.79 Å². The number of hydrogen-bond donors (Lipinski definition) is 1. The molecule has 1 aliphatic rings. The summed E-state index contributed by atoms with van der Waals surface area (Å²) in [6.45, 7) is 2.14. The molecule has 1 fully saturated rings. The molecular formula is C16H17Cl2N3O2. The molecule has 1 atom stereocenters. The third kappa shape index (κ3) is 3.16. The Balaban J connectivity index is 1.57. The summed E-state index contributed by atoms with van der Waals surface area (Å²) in [6.07, 6.45) is 4.05. The predicted molar refractivity (Wildman–Crippen MR) is 89.8 cm³/mol. The summed E-state index contributed by atoms with van der Waals surface area (Å²) in [5.41, 5.74) is -0.0552. The number of nitrogens with zero attached hydrogens (tertiary/aromatic N) is 2. The summed E-state index contributed by atoms with van der Waals surface area (Å²) in [4.78, 5) is 16.4. The summed E-state index contributed by atoms with van der Waals surface area (Å²) in [5.74, 6) is 1.36. The molecule has 0 spiro atoms. The van der Waals surface area contributed by atoms with Gasteiger partial charge in [-0.25, -0.2) is 4.98 Å². The fourth-order valence-corrected chi connectivity index (χ4v) is 2.94. The summed E-state index contributed by atoms with van der Waals surface area (Å²) in [6, 6.07) is 7.15. The Bertz CT molecular complexity index is 727. The van der Waals surface area contributed by atoms with E-state index in [9.17, 15) is 4.79 Å². The minimum absolute atomic E-state index is 0.177. The number of imidazole rings is 1. The van der Waals surface area contributed by atoms with Crippen LogP contribution in [-0.2, 0) is 18.4 Å². The van der Waals surface area contributed by atoms with Crippen molar-refractivity contribution in [2.45, 2.75) is 24.3 Å². The quantitative estimate of drug-likeness (QED) is 0.836. The molecule has 0 saturated heterocycles. The number of carbonyl (C=O) groups excluding carboxylic acids is 1. The van der Waals surface area contributed by atoms with Crippen LogP contribution < -0.4 is 10.1 Å².